The van der Waals surface area contributed by atoms with Crippen LogP contribution >= 0.6 is 0 Å². The predicted molar refractivity (Wildman–Crippen MR) is 68.4 cm³/mol. The summed E-state index contributed by atoms with van der Waals surface area (Å²) < 4.78 is 5.88. The monoisotopic (exact) mass is 220 g/mol. The number of hydrogen-bond donors (Lipinski definition) is 0. The third-order valence-corrected chi connectivity index (χ3v) is 3.89. The molecule has 1 fully saturated rings. The normalized spacial score (nSPS) is 41.5. The lowest BCUT2D eigenvalue weighted by Gasteiger charge is -2.19. The van der Waals surface area contributed by atoms with E-state index in [1.165, 1.54) is 12.0 Å². The molecule has 2 rings (SSSR count). The van der Waals surface area contributed by atoms with Gasteiger partial charge in [0.05, 0.1) is 11.7 Å². The van der Waals surface area contributed by atoms with Gasteiger partial charge < -0.3 is 4.74 Å². The quantitative estimate of drug-likeness (QED) is 0.439. The molecule has 0 aromatic rings. The maximum absolute atomic E-state index is 5.88. The van der Waals surface area contributed by atoms with Gasteiger partial charge in [0, 0.05) is 0 Å². The molecular weight excluding hydrogens is 196 g/mol. The average Bonchev–Trinajstić information content (AvgIpc) is 2.73. The Labute approximate surface area is 99.6 Å². The number of epoxide rings is 1. The summed E-state index contributed by atoms with van der Waals surface area (Å²) in [6.07, 6.45) is 12.1. The van der Waals surface area contributed by atoms with Crippen LogP contribution in [0.4, 0.5) is 0 Å². The molecule has 1 heteroatoms. The Kier molecular flexibility index (Phi) is 3.00. The van der Waals surface area contributed by atoms with Crippen LogP contribution in [0.2, 0.25) is 0 Å². The van der Waals surface area contributed by atoms with Crippen LogP contribution in [0.5, 0.6) is 0 Å². The molecule has 0 bridgehead atoms. The molecule has 1 saturated heterocycles. The Morgan fingerprint density at radius 2 is 2.06 bits per heavy atom. The van der Waals surface area contributed by atoms with Crippen molar-refractivity contribution < 1.29 is 4.74 Å². The van der Waals surface area contributed by atoms with E-state index in [0.29, 0.717) is 6.10 Å². The Morgan fingerprint density at radius 1 is 1.31 bits per heavy atom. The SMILES string of the molecule is C/C1=C\CC[C@@]2(C)O[C@@H]2CC(C)(C)C=CC1. The van der Waals surface area contributed by atoms with Gasteiger partial charge in [-0.1, -0.05) is 37.6 Å². The van der Waals surface area contributed by atoms with Gasteiger partial charge in [-0.05, 0) is 44.9 Å². The molecule has 0 unspecified atom stereocenters. The van der Waals surface area contributed by atoms with Crippen molar-refractivity contribution in [2.45, 2.75) is 65.1 Å². The molecule has 90 valence electrons. The lowest BCUT2D eigenvalue weighted by Crippen LogP contribution is -2.16. The van der Waals surface area contributed by atoms with Gasteiger partial charge in [-0.15, -0.1) is 0 Å². The number of rotatable bonds is 0. The van der Waals surface area contributed by atoms with Gasteiger partial charge in [-0.2, -0.15) is 0 Å². The summed E-state index contributed by atoms with van der Waals surface area (Å²) in [6.45, 7) is 9.10. The highest BCUT2D eigenvalue weighted by atomic mass is 16.6. The van der Waals surface area contributed by atoms with Gasteiger partial charge in [0.15, 0.2) is 0 Å². The van der Waals surface area contributed by atoms with Crippen LogP contribution < -0.4 is 0 Å². The van der Waals surface area contributed by atoms with Crippen molar-refractivity contribution in [1.29, 1.82) is 0 Å². The fourth-order valence-electron chi connectivity index (χ4n) is 2.57. The summed E-state index contributed by atoms with van der Waals surface area (Å²) >= 11 is 0. The first-order chi connectivity index (χ1) is 7.41. The second-order valence-corrected chi connectivity index (χ2v) is 6.31. The van der Waals surface area contributed by atoms with Crippen LogP contribution in [0.3, 0.4) is 0 Å². The van der Waals surface area contributed by atoms with E-state index in [0.717, 1.165) is 19.3 Å². The summed E-state index contributed by atoms with van der Waals surface area (Å²) in [5, 5.41) is 0. The summed E-state index contributed by atoms with van der Waals surface area (Å²) in [6, 6.07) is 0. The number of ether oxygens (including phenoxy) is 1. The van der Waals surface area contributed by atoms with Crippen LogP contribution in [-0.4, -0.2) is 11.7 Å². The van der Waals surface area contributed by atoms with Crippen molar-refractivity contribution >= 4 is 0 Å². The molecule has 1 aliphatic carbocycles. The maximum Gasteiger partial charge on any atom is 0.0923 e. The second kappa shape index (κ2) is 4.03. The van der Waals surface area contributed by atoms with Gasteiger partial charge in [0.2, 0.25) is 0 Å². The summed E-state index contributed by atoms with van der Waals surface area (Å²) in [4.78, 5) is 0. The Morgan fingerprint density at radius 3 is 2.81 bits per heavy atom. The summed E-state index contributed by atoms with van der Waals surface area (Å²) in [7, 11) is 0. The zero-order valence-corrected chi connectivity index (χ0v) is 11.0. The van der Waals surface area contributed by atoms with E-state index >= 15 is 0 Å². The van der Waals surface area contributed by atoms with E-state index in [-0.39, 0.29) is 11.0 Å². The third kappa shape index (κ3) is 2.76. The zero-order chi connectivity index (χ0) is 11.8. The molecule has 2 atom stereocenters. The highest BCUT2D eigenvalue weighted by molar-refractivity contribution is 5.12. The first-order valence-corrected chi connectivity index (χ1v) is 6.42. The van der Waals surface area contributed by atoms with E-state index in [4.69, 9.17) is 4.74 Å². The van der Waals surface area contributed by atoms with Crippen molar-refractivity contribution in [2.75, 3.05) is 0 Å². The first kappa shape index (κ1) is 11.9. The van der Waals surface area contributed by atoms with Gasteiger partial charge >= 0.3 is 0 Å². The standard InChI is InChI=1S/C15H24O/c1-12-7-5-9-14(2,3)11-13-15(4,16-13)10-6-8-12/h5,8-9,13H,6-7,10-11H2,1-4H3/b9-5?,12-8+/t13-,15-/m1/s1. The number of hydrogen-bond acceptors (Lipinski definition) is 1. The zero-order valence-electron chi connectivity index (χ0n) is 11.0. The third-order valence-electron chi connectivity index (χ3n) is 3.89. The van der Waals surface area contributed by atoms with Gasteiger partial charge in [-0.3, -0.25) is 0 Å². The molecule has 0 radical (unpaired) electrons. The Hall–Kier alpha value is -0.560. The summed E-state index contributed by atoms with van der Waals surface area (Å²) in [5.74, 6) is 0. The lowest BCUT2D eigenvalue weighted by atomic mass is 9.84. The number of allylic oxidation sites excluding steroid dienone is 4. The highest BCUT2D eigenvalue weighted by Gasteiger charge is 2.52. The molecule has 0 aromatic heterocycles. The minimum absolute atomic E-state index is 0.159. The van der Waals surface area contributed by atoms with Crippen molar-refractivity contribution in [3.63, 3.8) is 0 Å². The van der Waals surface area contributed by atoms with Crippen LogP contribution in [0.15, 0.2) is 23.8 Å². The topological polar surface area (TPSA) is 12.5 Å². The highest BCUT2D eigenvalue weighted by Crippen LogP contribution is 2.46. The smallest absolute Gasteiger partial charge is 0.0923 e. The molecule has 0 spiro atoms. The van der Waals surface area contributed by atoms with Crippen LogP contribution in [0.25, 0.3) is 0 Å². The molecule has 0 N–H and O–H groups in total. The van der Waals surface area contributed by atoms with Crippen LogP contribution in [0, 0.1) is 5.41 Å². The van der Waals surface area contributed by atoms with Gasteiger partial charge in [0.1, 0.15) is 0 Å². The van der Waals surface area contributed by atoms with E-state index in [1.807, 2.05) is 0 Å². The molecule has 0 saturated carbocycles. The van der Waals surface area contributed by atoms with E-state index in [9.17, 15) is 0 Å². The molecule has 16 heavy (non-hydrogen) atoms. The van der Waals surface area contributed by atoms with Crippen molar-refractivity contribution in [3.8, 4) is 0 Å². The van der Waals surface area contributed by atoms with E-state index in [2.05, 4.69) is 45.9 Å². The lowest BCUT2D eigenvalue weighted by molar-refractivity contribution is 0.280. The fraction of sp³-hybridized carbons (Fsp3) is 0.733. The number of fused-ring (bicyclic) bond motifs is 1. The molecule has 0 amide bonds. The molecule has 2 aliphatic rings. The van der Waals surface area contributed by atoms with Gasteiger partial charge in [0.25, 0.3) is 0 Å². The fourth-order valence-corrected chi connectivity index (χ4v) is 2.57. The Bertz CT molecular complexity index is 324. The first-order valence-electron chi connectivity index (χ1n) is 6.42. The molecule has 1 nitrogen and oxygen atoms in total. The molecule has 0 aromatic carbocycles. The minimum Gasteiger partial charge on any atom is -0.366 e. The van der Waals surface area contributed by atoms with Gasteiger partial charge in [-0.25, -0.2) is 0 Å². The van der Waals surface area contributed by atoms with E-state index < -0.39 is 0 Å². The van der Waals surface area contributed by atoms with Crippen molar-refractivity contribution in [3.05, 3.63) is 23.8 Å². The van der Waals surface area contributed by atoms with Crippen LogP contribution in [0.1, 0.15) is 53.4 Å². The maximum atomic E-state index is 5.88. The van der Waals surface area contributed by atoms with E-state index in [1.54, 1.807) is 0 Å². The Balaban J connectivity index is 2.11. The minimum atomic E-state index is 0.159. The summed E-state index contributed by atoms with van der Waals surface area (Å²) in [5.41, 5.74) is 1.91. The van der Waals surface area contributed by atoms with Crippen molar-refractivity contribution in [1.82, 2.24) is 0 Å². The largest absolute Gasteiger partial charge is 0.366 e. The predicted octanol–water partition coefficient (Wildman–Crippen LogP) is 4.25. The van der Waals surface area contributed by atoms with Crippen molar-refractivity contribution in [2.24, 2.45) is 5.41 Å². The molecule has 1 aliphatic heterocycles. The molecular formula is C15H24O. The average molecular weight is 220 g/mol. The second-order valence-electron chi connectivity index (χ2n) is 6.31. The molecule has 1 heterocycles. The van der Waals surface area contributed by atoms with Crippen LogP contribution in [-0.2, 0) is 4.74 Å².